The first-order valence-corrected chi connectivity index (χ1v) is 11.4. The van der Waals surface area contributed by atoms with Crippen molar-refractivity contribution >= 4 is 23.3 Å². The standard InChI is InChI=1S/C24H21ClF3N5O/c25-16-4-6-18(22-29-8-1-9-30-22)19(11-16)23(34)33-17(5-2-14-10-20(14)33)13-32-21-7-3-15(12-31-21)24(26,27)28/h1,3-4,6-9,11-12,14,17,20H,2,5,10,13H2,(H,31,32)/t14-,17-,20+/m0/s1. The molecule has 1 saturated heterocycles. The van der Waals surface area contributed by atoms with Crippen molar-refractivity contribution in [2.45, 2.75) is 37.5 Å². The molecule has 6 nitrogen and oxygen atoms in total. The highest BCUT2D eigenvalue weighted by Crippen LogP contribution is 2.46. The molecule has 2 fully saturated rings. The van der Waals surface area contributed by atoms with Crippen LogP contribution in [0.3, 0.4) is 0 Å². The van der Waals surface area contributed by atoms with Crippen molar-refractivity contribution in [2.24, 2.45) is 5.92 Å². The van der Waals surface area contributed by atoms with Gasteiger partial charge in [0.15, 0.2) is 5.82 Å². The Kier molecular flexibility index (Phi) is 5.89. The second-order valence-corrected chi connectivity index (χ2v) is 9.02. The van der Waals surface area contributed by atoms with E-state index in [1.54, 1.807) is 36.7 Å². The van der Waals surface area contributed by atoms with E-state index in [-0.39, 0.29) is 18.0 Å². The highest BCUT2D eigenvalue weighted by molar-refractivity contribution is 6.31. The van der Waals surface area contributed by atoms with Crippen molar-refractivity contribution in [3.05, 3.63) is 71.1 Å². The van der Waals surface area contributed by atoms with Crippen LogP contribution in [0, 0.1) is 5.92 Å². The number of hydrogen-bond acceptors (Lipinski definition) is 5. The number of alkyl halides is 3. The molecule has 1 aliphatic carbocycles. The molecule has 1 amide bonds. The van der Waals surface area contributed by atoms with Gasteiger partial charge in [-0.05, 0) is 61.6 Å². The monoisotopic (exact) mass is 487 g/mol. The van der Waals surface area contributed by atoms with E-state index < -0.39 is 11.7 Å². The van der Waals surface area contributed by atoms with Crippen LogP contribution >= 0.6 is 11.6 Å². The zero-order valence-electron chi connectivity index (χ0n) is 18.0. The van der Waals surface area contributed by atoms with Crippen molar-refractivity contribution in [1.29, 1.82) is 0 Å². The molecule has 176 valence electrons. The number of rotatable bonds is 5. The lowest BCUT2D eigenvalue weighted by atomic mass is 9.98. The van der Waals surface area contributed by atoms with Crippen molar-refractivity contribution in [1.82, 2.24) is 19.9 Å². The molecule has 5 rings (SSSR count). The Balaban J connectivity index is 1.38. The molecule has 2 aliphatic rings. The molecular weight excluding hydrogens is 467 g/mol. The van der Waals surface area contributed by atoms with Gasteiger partial charge in [-0.15, -0.1) is 0 Å². The summed E-state index contributed by atoms with van der Waals surface area (Å²) in [7, 11) is 0. The van der Waals surface area contributed by atoms with Crippen LogP contribution in [0.2, 0.25) is 5.02 Å². The predicted octanol–water partition coefficient (Wildman–Crippen LogP) is 5.32. The fraction of sp³-hybridized carbons (Fsp3) is 0.333. The number of piperidine rings is 1. The van der Waals surface area contributed by atoms with E-state index in [2.05, 4.69) is 20.3 Å². The van der Waals surface area contributed by atoms with Crippen LogP contribution in [0.15, 0.2) is 55.0 Å². The number of carbonyl (C=O) groups excluding carboxylic acids is 1. The molecule has 1 saturated carbocycles. The second-order valence-electron chi connectivity index (χ2n) is 8.58. The first-order valence-electron chi connectivity index (χ1n) is 11.0. The highest BCUT2D eigenvalue weighted by atomic mass is 35.5. The van der Waals surface area contributed by atoms with Gasteiger partial charge < -0.3 is 10.2 Å². The van der Waals surface area contributed by atoms with E-state index >= 15 is 0 Å². The molecule has 34 heavy (non-hydrogen) atoms. The minimum absolute atomic E-state index is 0.135. The lowest BCUT2D eigenvalue weighted by molar-refractivity contribution is -0.137. The van der Waals surface area contributed by atoms with E-state index in [1.165, 1.54) is 6.07 Å². The van der Waals surface area contributed by atoms with Gasteiger partial charge in [0, 0.05) is 47.8 Å². The zero-order valence-corrected chi connectivity index (χ0v) is 18.7. The Morgan fingerprint density at radius 1 is 1.12 bits per heavy atom. The summed E-state index contributed by atoms with van der Waals surface area (Å²) in [6.45, 7) is 0.380. The molecular formula is C24H21ClF3N5O. The van der Waals surface area contributed by atoms with Crippen molar-refractivity contribution in [3.63, 3.8) is 0 Å². The number of nitrogens with zero attached hydrogens (tertiary/aromatic N) is 4. The Morgan fingerprint density at radius 2 is 1.91 bits per heavy atom. The minimum atomic E-state index is -4.43. The smallest absolute Gasteiger partial charge is 0.368 e. The summed E-state index contributed by atoms with van der Waals surface area (Å²) in [5.74, 6) is 1.10. The van der Waals surface area contributed by atoms with Crippen LogP contribution in [-0.2, 0) is 6.18 Å². The van der Waals surface area contributed by atoms with Crippen LogP contribution in [0.4, 0.5) is 19.0 Å². The predicted molar refractivity (Wildman–Crippen MR) is 121 cm³/mol. The van der Waals surface area contributed by atoms with E-state index in [0.717, 1.165) is 31.5 Å². The number of halogens is 4. The van der Waals surface area contributed by atoms with E-state index in [1.807, 2.05) is 4.90 Å². The molecule has 2 aromatic heterocycles. The van der Waals surface area contributed by atoms with E-state index in [9.17, 15) is 18.0 Å². The summed E-state index contributed by atoms with van der Waals surface area (Å²) >= 11 is 6.24. The third-order valence-corrected chi connectivity index (χ3v) is 6.60. The summed E-state index contributed by atoms with van der Waals surface area (Å²) in [6.07, 6.45) is 2.35. The van der Waals surface area contributed by atoms with Gasteiger partial charge in [-0.1, -0.05) is 11.6 Å². The van der Waals surface area contributed by atoms with E-state index in [0.29, 0.717) is 40.3 Å². The molecule has 1 aromatic carbocycles. The maximum absolute atomic E-state index is 13.8. The number of amides is 1. The number of carbonyl (C=O) groups is 1. The van der Waals surface area contributed by atoms with Crippen LogP contribution in [0.25, 0.3) is 11.4 Å². The van der Waals surface area contributed by atoms with Crippen LogP contribution < -0.4 is 5.32 Å². The van der Waals surface area contributed by atoms with Gasteiger partial charge in [-0.25, -0.2) is 15.0 Å². The third-order valence-electron chi connectivity index (χ3n) is 6.37. The molecule has 0 spiro atoms. The summed E-state index contributed by atoms with van der Waals surface area (Å²) in [6, 6.07) is 9.10. The average molecular weight is 488 g/mol. The zero-order chi connectivity index (χ0) is 23.9. The maximum Gasteiger partial charge on any atom is 0.417 e. The molecule has 10 heteroatoms. The van der Waals surface area contributed by atoms with Gasteiger partial charge in [0.05, 0.1) is 11.1 Å². The lowest BCUT2D eigenvalue weighted by Crippen LogP contribution is -2.48. The number of likely N-dealkylation sites (tertiary alicyclic amines) is 1. The molecule has 1 N–H and O–H groups in total. The van der Waals surface area contributed by atoms with Gasteiger partial charge in [-0.3, -0.25) is 4.79 Å². The largest absolute Gasteiger partial charge is 0.417 e. The minimum Gasteiger partial charge on any atom is -0.368 e. The molecule has 0 bridgehead atoms. The normalized spacial score (nSPS) is 21.6. The number of benzene rings is 1. The number of anilines is 1. The Morgan fingerprint density at radius 3 is 2.62 bits per heavy atom. The quantitative estimate of drug-likeness (QED) is 0.527. The molecule has 3 heterocycles. The first-order chi connectivity index (χ1) is 16.3. The molecule has 3 atom stereocenters. The SMILES string of the molecule is O=C(c1cc(Cl)ccc1-c1ncccn1)N1[C@H](CNc2ccc(C(F)(F)F)cn2)CC[C@H]2C[C@H]21. The number of hydrogen-bond donors (Lipinski definition) is 1. The fourth-order valence-corrected chi connectivity index (χ4v) is 4.74. The Bertz CT molecular complexity index is 1190. The fourth-order valence-electron chi connectivity index (χ4n) is 4.57. The summed E-state index contributed by atoms with van der Waals surface area (Å²) < 4.78 is 38.4. The molecule has 0 unspecified atom stereocenters. The number of aromatic nitrogens is 3. The first kappa shape index (κ1) is 22.6. The van der Waals surface area contributed by atoms with Gasteiger partial charge in [0.1, 0.15) is 5.82 Å². The summed E-state index contributed by atoms with van der Waals surface area (Å²) in [4.78, 5) is 28.2. The third kappa shape index (κ3) is 4.57. The van der Waals surface area contributed by atoms with Crippen LogP contribution in [0.1, 0.15) is 35.2 Å². The maximum atomic E-state index is 13.8. The van der Waals surface area contributed by atoms with Crippen molar-refractivity contribution < 1.29 is 18.0 Å². The number of pyridine rings is 1. The van der Waals surface area contributed by atoms with Gasteiger partial charge in [0.2, 0.25) is 0 Å². The van der Waals surface area contributed by atoms with Gasteiger partial charge in [-0.2, -0.15) is 13.2 Å². The highest BCUT2D eigenvalue weighted by Gasteiger charge is 2.50. The van der Waals surface area contributed by atoms with Crippen molar-refractivity contribution in [2.75, 3.05) is 11.9 Å². The van der Waals surface area contributed by atoms with Crippen LogP contribution in [-0.4, -0.2) is 44.4 Å². The molecule has 0 radical (unpaired) electrons. The summed E-state index contributed by atoms with van der Waals surface area (Å²) in [5.41, 5.74) is 0.239. The number of nitrogens with one attached hydrogen (secondary N) is 1. The Hall–Kier alpha value is -3.20. The summed E-state index contributed by atoms with van der Waals surface area (Å²) in [5, 5.41) is 3.54. The molecule has 1 aliphatic heterocycles. The van der Waals surface area contributed by atoms with Gasteiger partial charge in [0.25, 0.3) is 5.91 Å². The number of fused-ring (bicyclic) bond motifs is 1. The van der Waals surface area contributed by atoms with Crippen molar-refractivity contribution in [3.8, 4) is 11.4 Å². The second kappa shape index (κ2) is 8.87. The average Bonchev–Trinajstić information content (AvgIpc) is 3.62. The van der Waals surface area contributed by atoms with E-state index in [4.69, 9.17) is 11.6 Å². The van der Waals surface area contributed by atoms with Gasteiger partial charge >= 0.3 is 6.18 Å². The Labute approximate surface area is 199 Å². The van der Waals surface area contributed by atoms with Crippen LogP contribution in [0.5, 0.6) is 0 Å². The lowest BCUT2D eigenvalue weighted by Gasteiger charge is -2.36. The molecule has 3 aromatic rings. The topological polar surface area (TPSA) is 71.0 Å².